The van der Waals surface area contributed by atoms with Crippen molar-refractivity contribution in [3.8, 4) is 5.88 Å². The molecule has 2 N–H and O–H groups in total. The predicted octanol–water partition coefficient (Wildman–Crippen LogP) is 1.31. The van der Waals surface area contributed by atoms with Crippen LogP contribution in [0.1, 0.15) is 12.5 Å². The molecule has 2 heterocycles. The number of pyridine rings is 1. The maximum atomic E-state index is 5.55. The topological polar surface area (TPSA) is 66.0 Å². The highest BCUT2D eigenvalue weighted by Crippen LogP contribution is 2.15. The van der Waals surface area contributed by atoms with Gasteiger partial charge in [0.1, 0.15) is 5.82 Å². The Morgan fingerprint density at radius 2 is 2.31 bits per heavy atom. The molecule has 0 saturated heterocycles. The summed E-state index contributed by atoms with van der Waals surface area (Å²) in [6, 6.07) is 5.61. The Hall–Kier alpha value is -2.04. The van der Waals surface area contributed by atoms with E-state index in [0.29, 0.717) is 24.8 Å². The summed E-state index contributed by atoms with van der Waals surface area (Å²) in [7, 11) is 0. The first kappa shape index (κ1) is 10.5. The summed E-state index contributed by atoms with van der Waals surface area (Å²) in [6.45, 7) is 3.15. The molecule has 0 aromatic carbocycles. The number of ether oxygens (including phenoxy) is 1. The van der Waals surface area contributed by atoms with Gasteiger partial charge in [0.15, 0.2) is 0 Å². The fourth-order valence-corrected chi connectivity index (χ4v) is 1.45. The fraction of sp³-hybridized carbons (Fsp3) is 0.273. The van der Waals surface area contributed by atoms with E-state index in [1.165, 1.54) is 0 Å². The van der Waals surface area contributed by atoms with Crippen molar-refractivity contribution >= 4 is 5.82 Å². The molecule has 0 fully saturated rings. The normalized spacial score (nSPS) is 10.3. The van der Waals surface area contributed by atoms with Crippen LogP contribution in [0.25, 0.3) is 0 Å². The van der Waals surface area contributed by atoms with Gasteiger partial charge in [-0.1, -0.05) is 6.07 Å². The highest BCUT2D eigenvalue weighted by Gasteiger charge is 2.05. The first-order valence-electron chi connectivity index (χ1n) is 5.15. The molecule has 16 heavy (non-hydrogen) atoms. The monoisotopic (exact) mass is 218 g/mol. The van der Waals surface area contributed by atoms with Crippen molar-refractivity contribution in [2.45, 2.75) is 13.5 Å². The maximum Gasteiger partial charge on any atom is 0.218 e. The quantitative estimate of drug-likeness (QED) is 0.840. The summed E-state index contributed by atoms with van der Waals surface area (Å²) < 4.78 is 7.19. The highest BCUT2D eigenvalue weighted by molar-refractivity contribution is 5.28. The van der Waals surface area contributed by atoms with Crippen LogP contribution in [0.3, 0.4) is 0 Å². The molecule has 5 nitrogen and oxygen atoms in total. The molecule has 0 bridgehead atoms. The zero-order valence-electron chi connectivity index (χ0n) is 9.13. The van der Waals surface area contributed by atoms with Crippen LogP contribution in [0.15, 0.2) is 30.6 Å². The SMILES string of the molecule is CCOc1ncccc1Cn1ccc(N)n1. The maximum absolute atomic E-state index is 5.55. The molecule has 0 atom stereocenters. The Morgan fingerprint density at radius 1 is 1.44 bits per heavy atom. The van der Waals surface area contributed by atoms with Gasteiger partial charge >= 0.3 is 0 Å². The highest BCUT2D eigenvalue weighted by atomic mass is 16.5. The average molecular weight is 218 g/mol. The van der Waals surface area contributed by atoms with Gasteiger partial charge in [0.05, 0.1) is 13.2 Å². The smallest absolute Gasteiger partial charge is 0.218 e. The minimum absolute atomic E-state index is 0.516. The van der Waals surface area contributed by atoms with E-state index in [9.17, 15) is 0 Å². The van der Waals surface area contributed by atoms with Crippen LogP contribution in [0.4, 0.5) is 5.82 Å². The number of nitrogens with zero attached hydrogens (tertiary/aromatic N) is 3. The number of aromatic nitrogens is 3. The molecule has 0 aliphatic rings. The summed E-state index contributed by atoms with van der Waals surface area (Å²) in [6.07, 6.45) is 3.55. The Bertz CT molecular complexity index is 467. The van der Waals surface area contributed by atoms with Crippen LogP contribution in [-0.2, 0) is 6.54 Å². The first-order valence-corrected chi connectivity index (χ1v) is 5.15. The van der Waals surface area contributed by atoms with Gasteiger partial charge in [0, 0.05) is 18.0 Å². The molecule has 0 spiro atoms. The number of hydrogen-bond donors (Lipinski definition) is 1. The molecule has 84 valence electrons. The third-order valence-corrected chi connectivity index (χ3v) is 2.12. The minimum Gasteiger partial charge on any atom is -0.478 e. The minimum atomic E-state index is 0.516. The second-order valence-corrected chi connectivity index (χ2v) is 3.34. The number of anilines is 1. The van der Waals surface area contributed by atoms with E-state index in [1.54, 1.807) is 16.9 Å². The Balaban J connectivity index is 2.20. The van der Waals surface area contributed by atoms with Crippen molar-refractivity contribution in [1.82, 2.24) is 14.8 Å². The third-order valence-electron chi connectivity index (χ3n) is 2.12. The van der Waals surface area contributed by atoms with Crippen LogP contribution in [0.5, 0.6) is 5.88 Å². The van der Waals surface area contributed by atoms with E-state index in [4.69, 9.17) is 10.5 Å². The summed E-state index contributed by atoms with van der Waals surface area (Å²) in [5.74, 6) is 1.17. The zero-order valence-corrected chi connectivity index (χ0v) is 9.13. The molecule has 2 rings (SSSR count). The molecule has 0 amide bonds. The van der Waals surface area contributed by atoms with E-state index >= 15 is 0 Å². The van der Waals surface area contributed by atoms with E-state index in [0.717, 1.165) is 5.56 Å². The number of hydrogen-bond acceptors (Lipinski definition) is 4. The Kier molecular flexibility index (Phi) is 3.05. The van der Waals surface area contributed by atoms with Crippen molar-refractivity contribution in [3.05, 3.63) is 36.2 Å². The Morgan fingerprint density at radius 3 is 3.00 bits per heavy atom. The standard InChI is InChI=1S/C11H14N4O/c1-2-16-11-9(4-3-6-13-11)8-15-7-5-10(12)14-15/h3-7H,2,8H2,1H3,(H2,12,14). The van der Waals surface area contributed by atoms with Crippen molar-refractivity contribution in [3.63, 3.8) is 0 Å². The van der Waals surface area contributed by atoms with Gasteiger partial charge in [-0.25, -0.2) is 4.98 Å². The van der Waals surface area contributed by atoms with Gasteiger partial charge in [-0.05, 0) is 19.1 Å². The number of rotatable bonds is 4. The Labute approximate surface area is 93.9 Å². The molecule has 5 heteroatoms. The predicted molar refractivity (Wildman–Crippen MR) is 61.1 cm³/mol. The van der Waals surface area contributed by atoms with Crippen molar-refractivity contribution in [2.75, 3.05) is 12.3 Å². The van der Waals surface area contributed by atoms with Crippen molar-refractivity contribution in [2.24, 2.45) is 0 Å². The average Bonchev–Trinajstić information content (AvgIpc) is 2.67. The fourth-order valence-electron chi connectivity index (χ4n) is 1.45. The third kappa shape index (κ3) is 2.31. The van der Waals surface area contributed by atoms with E-state index in [1.807, 2.05) is 25.3 Å². The van der Waals surface area contributed by atoms with Gasteiger partial charge in [-0.15, -0.1) is 0 Å². The number of nitrogens with two attached hydrogens (primary N) is 1. The molecule has 0 aliphatic carbocycles. The molecule has 0 unspecified atom stereocenters. The van der Waals surface area contributed by atoms with E-state index in [-0.39, 0.29) is 0 Å². The molecule has 0 aliphatic heterocycles. The van der Waals surface area contributed by atoms with Crippen LogP contribution in [0, 0.1) is 0 Å². The van der Waals surface area contributed by atoms with E-state index in [2.05, 4.69) is 10.1 Å². The lowest BCUT2D eigenvalue weighted by Crippen LogP contribution is -2.05. The zero-order chi connectivity index (χ0) is 11.4. The van der Waals surface area contributed by atoms with Crippen molar-refractivity contribution in [1.29, 1.82) is 0 Å². The molecule has 2 aromatic heterocycles. The van der Waals surface area contributed by atoms with Gasteiger partial charge < -0.3 is 10.5 Å². The van der Waals surface area contributed by atoms with Gasteiger partial charge in [0.2, 0.25) is 5.88 Å². The molecule has 2 aromatic rings. The molecular formula is C11H14N4O. The molecular weight excluding hydrogens is 204 g/mol. The summed E-state index contributed by atoms with van der Waals surface area (Å²) in [5.41, 5.74) is 6.54. The van der Waals surface area contributed by atoms with Crippen LogP contribution >= 0.6 is 0 Å². The van der Waals surface area contributed by atoms with Gasteiger partial charge in [0.25, 0.3) is 0 Å². The van der Waals surface area contributed by atoms with Crippen LogP contribution < -0.4 is 10.5 Å². The van der Waals surface area contributed by atoms with Crippen LogP contribution in [-0.4, -0.2) is 21.4 Å². The molecule has 0 radical (unpaired) electrons. The van der Waals surface area contributed by atoms with Crippen molar-refractivity contribution < 1.29 is 4.74 Å². The summed E-state index contributed by atoms with van der Waals surface area (Å²) in [4.78, 5) is 4.18. The van der Waals surface area contributed by atoms with Gasteiger partial charge in [-0.3, -0.25) is 4.68 Å². The lowest BCUT2D eigenvalue weighted by molar-refractivity contribution is 0.321. The first-order chi connectivity index (χ1) is 7.79. The summed E-state index contributed by atoms with van der Waals surface area (Å²) >= 11 is 0. The van der Waals surface area contributed by atoms with Gasteiger partial charge in [-0.2, -0.15) is 5.10 Å². The largest absolute Gasteiger partial charge is 0.478 e. The number of nitrogen functional groups attached to an aromatic ring is 1. The second-order valence-electron chi connectivity index (χ2n) is 3.34. The summed E-state index contributed by atoms with van der Waals surface area (Å²) in [5, 5.41) is 4.12. The lowest BCUT2D eigenvalue weighted by Gasteiger charge is -2.08. The van der Waals surface area contributed by atoms with E-state index < -0.39 is 0 Å². The lowest BCUT2D eigenvalue weighted by atomic mass is 10.3. The second kappa shape index (κ2) is 4.65. The molecule has 0 saturated carbocycles. The van der Waals surface area contributed by atoms with Crippen LogP contribution in [0.2, 0.25) is 0 Å².